The lowest BCUT2D eigenvalue weighted by Gasteiger charge is -2.36. The van der Waals surface area contributed by atoms with E-state index in [-0.39, 0.29) is 12.6 Å². The SMILES string of the molecule is CC1(C)O[C@H]2[C@H](c3ccc4c(N)ncnn34)O[C@](C#N)(COC(=O)C3(C)CCC3)[C@H]2O1. The highest BCUT2D eigenvalue weighted by Crippen LogP contribution is 2.50. The number of esters is 1. The first kappa shape index (κ1) is 20.2. The van der Waals surface area contributed by atoms with Gasteiger partial charge in [0.05, 0.1) is 11.1 Å². The lowest BCUT2D eigenvalue weighted by molar-refractivity contribution is -0.210. The van der Waals surface area contributed by atoms with Crippen LogP contribution >= 0.6 is 0 Å². The van der Waals surface area contributed by atoms with Crippen molar-refractivity contribution >= 4 is 17.3 Å². The lowest BCUT2D eigenvalue weighted by atomic mass is 9.70. The maximum absolute atomic E-state index is 12.6. The summed E-state index contributed by atoms with van der Waals surface area (Å²) in [5.41, 5.74) is 5.22. The van der Waals surface area contributed by atoms with Gasteiger partial charge in [0.25, 0.3) is 0 Å². The summed E-state index contributed by atoms with van der Waals surface area (Å²) in [5.74, 6) is -0.914. The Morgan fingerprint density at radius 1 is 1.32 bits per heavy atom. The van der Waals surface area contributed by atoms with Crippen molar-refractivity contribution in [1.82, 2.24) is 14.6 Å². The van der Waals surface area contributed by atoms with Crippen LogP contribution in [-0.2, 0) is 23.7 Å². The zero-order valence-corrected chi connectivity index (χ0v) is 17.7. The van der Waals surface area contributed by atoms with Gasteiger partial charge < -0.3 is 24.7 Å². The Balaban J connectivity index is 1.49. The average molecular weight is 427 g/mol. The van der Waals surface area contributed by atoms with Gasteiger partial charge in [-0.2, -0.15) is 10.4 Å². The molecule has 0 unspecified atom stereocenters. The number of nitrogen functional groups attached to an aromatic ring is 1. The zero-order chi connectivity index (χ0) is 22.0. The molecule has 0 amide bonds. The van der Waals surface area contributed by atoms with Crippen molar-refractivity contribution in [3.05, 3.63) is 24.2 Å². The molecule has 1 aliphatic carbocycles. The second-order valence-corrected chi connectivity index (χ2v) is 9.25. The molecule has 164 valence electrons. The van der Waals surface area contributed by atoms with E-state index in [1.807, 2.05) is 13.0 Å². The number of hydrogen-bond donors (Lipinski definition) is 1. The van der Waals surface area contributed by atoms with Gasteiger partial charge in [0.15, 0.2) is 11.6 Å². The standard InChI is InChI=1S/C21H25N5O5/c1-19(2)29-15-14(12-5-6-13-17(23)24-11-25-26(12)13)30-21(9-22,16(15)31-19)10-28-18(27)20(3)7-4-8-20/h5-6,11,14-16H,4,7-8,10H2,1-3H3,(H2,23,24,25)/t14-,15-,16-,21+/m0/s1. The van der Waals surface area contributed by atoms with Gasteiger partial charge >= 0.3 is 5.97 Å². The summed E-state index contributed by atoms with van der Waals surface area (Å²) < 4.78 is 25.7. The van der Waals surface area contributed by atoms with Crippen molar-refractivity contribution in [1.29, 1.82) is 5.26 Å². The number of anilines is 1. The van der Waals surface area contributed by atoms with E-state index in [4.69, 9.17) is 24.7 Å². The normalized spacial score (nSPS) is 32.9. The van der Waals surface area contributed by atoms with Crippen LogP contribution in [0.15, 0.2) is 18.5 Å². The summed E-state index contributed by atoms with van der Waals surface area (Å²) in [7, 11) is 0. The Morgan fingerprint density at radius 2 is 2.10 bits per heavy atom. The molecule has 0 bridgehead atoms. The van der Waals surface area contributed by atoms with Gasteiger partial charge in [-0.3, -0.25) is 4.79 Å². The lowest BCUT2D eigenvalue weighted by Crippen LogP contribution is -2.48. The van der Waals surface area contributed by atoms with E-state index in [9.17, 15) is 10.1 Å². The fourth-order valence-electron chi connectivity index (χ4n) is 4.65. The number of nitrogens with zero attached hydrogens (tertiary/aromatic N) is 4. The predicted molar refractivity (Wildman–Crippen MR) is 106 cm³/mol. The van der Waals surface area contributed by atoms with Crippen LogP contribution in [0.1, 0.15) is 51.8 Å². The molecule has 2 saturated heterocycles. The van der Waals surface area contributed by atoms with E-state index in [0.29, 0.717) is 17.0 Å². The average Bonchev–Trinajstić information content (AvgIpc) is 3.35. The van der Waals surface area contributed by atoms with Crippen LogP contribution in [0.2, 0.25) is 0 Å². The molecule has 4 heterocycles. The Hall–Kier alpha value is -2.74. The smallest absolute Gasteiger partial charge is 0.311 e. The minimum Gasteiger partial charge on any atom is -0.461 e. The van der Waals surface area contributed by atoms with Gasteiger partial charge in [0.1, 0.15) is 42.8 Å². The maximum Gasteiger partial charge on any atom is 0.311 e. The molecule has 10 heteroatoms. The summed E-state index contributed by atoms with van der Waals surface area (Å²) in [6, 6.07) is 5.81. The summed E-state index contributed by atoms with van der Waals surface area (Å²) in [4.78, 5) is 16.6. The van der Waals surface area contributed by atoms with E-state index in [1.165, 1.54) is 6.33 Å². The molecule has 0 spiro atoms. The third-order valence-corrected chi connectivity index (χ3v) is 6.58. The number of ether oxygens (including phenoxy) is 4. The Kier molecular flexibility index (Phi) is 4.31. The number of fused-ring (bicyclic) bond motifs is 2. The Bertz CT molecular complexity index is 1090. The van der Waals surface area contributed by atoms with Gasteiger partial charge in [-0.1, -0.05) is 6.42 Å². The van der Waals surface area contributed by atoms with Crippen molar-refractivity contribution in [2.75, 3.05) is 12.3 Å². The minimum atomic E-state index is -1.51. The number of aromatic nitrogens is 3. The molecule has 2 aliphatic heterocycles. The summed E-state index contributed by atoms with van der Waals surface area (Å²) in [6.07, 6.45) is 1.89. The number of rotatable bonds is 4. The van der Waals surface area contributed by atoms with Crippen molar-refractivity contribution in [2.45, 2.75) is 69.7 Å². The third-order valence-electron chi connectivity index (χ3n) is 6.58. The second kappa shape index (κ2) is 6.63. The van der Waals surface area contributed by atoms with Gasteiger partial charge in [0.2, 0.25) is 5.60 Å². The van der Waals surface area contributed by atoms with Gasteiger partial charge in [-0.25, -0.2) is 9.50 Å². The van der Waals surface area contributed by atoms with Crippen LogP contribution in [0.5, 0.6) is 0 Å². The topological polar surface area (TPSA) is 134 Å². The van der Waals surface area contributed by atoms with Crippen molar-refractivity contribution < 1.29 is 23.7 Å². The quantitative estimate of drug-likeness (QED) is 0.726. The molecule has 4 atom stereocenters. The number of carbonyl (C=O) groups is 1. The molecule has 0 aromatic carbocycles. The van der Waals surface area contributed by atoms with Gasteiger partial charge in [0, 0.05) is 0 Å². The highest BCUT2D eigenvalue weighted by Gasteiger charge is 2.65. The van der Waals surface area contributed by atoms with Gasteiger partial charge in [-0.05, 0) is 45.7 Å². The zero-order valence-electron chi connectivity index (χ0n) is 17.7. The van der Waals surface area contributed by atoms with Crippen LogP contribution in [0.4, 0.5) is 5.82 Å². The second-order valence-electron chi connectivity index (χ2n) is 9.25. The molecule has 1 saturated carbocycles. The summed E-state index contributed by atoms with van der Waals surface area (Å²) in [5, 5.41) is 14.4. The number of hydrogen-bond acceptors (Lipinski definition) is 9. The van der Waals surface area contributed by atoms with Crippen molar-refractivity contribution in [2.24, 2.45) is 5.41 Å². The molecule has 5 rings (SSSR count). The maximum atomic E-state index is 12.6. The summed E-state index contributed by atoms with van der Waals surface area (Å²) in [6.45, 7) is 5.20. The first-order chi connectivity index (χ1) is 14.7. The molecule has 2 aromatic heterocycles. The third kappa shape index (κ3) is 2.99. The molecule has 0 radical (unpaired) electrons. The minimum absolute atomic E-state index is 0.241. The monoisotopic (exact) mass is 427 g/mol. The van der Waals surface area contributed by atoms with E-state index < -0.39 is 35.1 Å². The molecular formula is C21H25N5O5. The summed E-state index contributed by atoms with van der Waals surface area (Å²) >= 11 is 0. The highest BCUT2D eigenvalue weighted by atomic mass is 16.8. The predicted octanol–water partition coefficient (Wildman–Crippen LogP) is 1.90. The Labute approximate surface area is 179 Å². The van der Waals surface area contributed by atoms with Crippen molar-refractivity contribution in [3.8, 4) is 6.07 Å². The molecule has 2 aromatic rings. The molecule has 3 fully saturated rings. The number of nitrogens with two attached hydrogens (primary N) is 1. The largest absolute Gasteiger partial charge is 0.461 e. The van der Waals surface area contributed by atoms with E-state index >= 15 is 0 Å². The van der Waals surface area contributed by atoms with E-state index in [1.54, 1.807) is 24.4 Å². The first-order valence-corrected chi connectivity index (χ1v) is 10.4. The first-order valence-electron chi connectivity index (χ1n) is 10.4. The molecule has 2 N–H and O–H groups in total. The fraction of sp³-hybridized carbons (Fsp3) is 0.619. The molecule has 3 aliphatic rings. The van der Waals surface area contributed by atoms with Crippen LogP contribution in [0.3, 0.4) is 0 Å². The fourth-order valence-corrected chi connectivity index (χ4v) is 4.65. The van der Waals surface area contributed by atoms with Crippen LogP contribution in [0, 0.1) is 16.7 Å². The van der Waals surface area contributed by atoms with E-state index in [0.717, 1.165) is 19.3 Å². The van der Waals surface area contributed by atoms with Crippen LogP contribution < -0.4 is 5.73 Å². The highest BCUT2D eigenvalue weighted by molar-refractivity contribution is 5.77. The Morgan fingerprint density at radius 3 is 2.77 bits per heavy atom. The van der Waals surface area contributed by atoms with Crippen LogP contribution in [0.25, 0.3) is 5.52 Å². The molecule has 31 heavy (non-hydrogen) atoms. The van der Waals surface area contributed by atoms with Gasteiger partial charge in [-0.15, -0.1) is 0 Å². The number of nitriles is 1. The van der Waals surface area contributed by atoms with Crippen molar-refractivity contribution in [3.63, 3.8) is 0 Å². The molecular weight excluding hydrogens is 402 g/mol. The number of carbonyl (C=O) groups excluding carboxylic acids is 1. The molecule has 10 nitrogen and oxygen atoms in total. The van der Waals surface area contributed by atoms with E-state index in [2.05, 4.69) is 16.2 Å². The van der Waals surface area contributed by atoms with Crippen LogP contribution in [-0.4, -0.2) is 50.8 Å².